The molecule has 2 unspecified atom stereocenters. The lowest BCUT2D eigenvalue weighted by atomic mass is 9.98. The number of piperidine rings is 1. The van der Waals surface area contributed by atoms with Crippen LogP contribution in [0, 0.1) is 11.6 Å². The molecule has 1 aliphatic heterocycles. The van der Waals surface area contributed by atoms with E-state index in [1.807, 2.05) is 0 Å². The second-order valence-electron chi connectivity index (χ2n) is 5.25. The van der Waals surface area contributed by atoms with Crippen LogP contribution in [0.25, 0.3) is 0 Å². The Labute approximate surface area is 122 Å². The molecule has 1 aromatic carbocycles. The molecule has 1 fully saturated rings. The number of halogens is 2. The first-order valence-corrected chi connectivity index (χ1v) is 7.02. The Balaban J connectivity index is 2.07. The molecule has 1 heterocycles. The van der Waals surface area contributed by atoms with Crippen molar-refractivity contribution >= 4 is 5.91 Å². The summed E-state index contributed by atoms with van der Waals surface area (Å²) in [6.45, 7) is 0.855. The Bertz CT molecular complexity index is 510. The van der Waals surface area contributed by atoms with Crippen molar-refractivity contribution in [1.82, 2.24) is 4.90 Å². The Morgan fingerprint density at radius 3 is 2.90 bits per heavy atom. The number of rotatable bonds is 4. The van der Waals surface area contributed by atoms with Crippen molar-refractivity contribution in [3.05, 3.63) is 35.4 Å². The molecular formula is C15H20F2N2O2. The van der Waals surface area contributed by atoms with Crippen LogP contribution in [0.3, 0.4) is 0 Å². The van der Waals surface area contributed by atoms with E-state index in [0.717, 1.165) is 12.5 Å². The quantitative estimate of drug-likeness (QED) is 0.916. The first kappa shape index (κ1) is 15.9. The van der Waals surface area contributed by atoms with Gasteiger partial charge < -0.3 is 15.4 Å². The van der Waals surface area contributed by atoms with Crippen molar-refractivity contribution in [3.63, 3.8) is 0 Å². The molecular weight excluding hydrogens is 278 g/mol. The van der Waals surface area contributed by atoms with Crippen LogP contribution in [-0.4, -0.2) is 43.2 Å². The molecule has 21 heavy (non-hydrogen) atoms. The van der Waals surface area contributed by atoms with Crippen LogP contribution in [0.1, 0.15) is 18.4 Å². The van der Waals surface area contributed by atoms with Crippen molar-refractivity contribution < 1.29 is 18.3 Å². The number of carbonyl (C=O) groups excluding carboxylic acids is 1. The van der Waals surface area contributed by atoms with Gasteiger partial charge in [0.15, 0.2) is 11.6 Å². The SMILES string of the molecule is COC1CCN(C(=O)Cc2cccc(F)c2F)C(CN)C1. The van der Waals surface area contributed by atoms with E-state index >= 15 is 0 Å². The summed E-state index contributed by atoms with van der Waals surface area (Å²) < 4.78 is 32.1. The molecule has 1 saturated heterocycles. The van der Waals surface area contributed by atoms with Crippen LogP contribution in [0.4, 0.5) is 8.78 Å². The smallest absolute Gasteiger partial charge is 0.227 e. The molecule has 2 N–H and O–H groups in total. The number of nitrogens with zero attached hydrogens (tertiary/aromatic N) is 1. The number of nitrogens with two attached hydrogens (primary N) is 1. The van der Waals surface area contributed by atoms with Gasteiger partial charge in [0.1, 0.15) is 0 Å². The normalized spacial score (nSPS) is 22.4. The number of amides is 1. The topological polar surface area (TPSA) is 55.6 Å². The standard InChI is InChI=1S/C15H20F2N2O2/c1-21-12-5-6-19(11(8-12)9-18)14(20)7-10-3-2-4-13(16)15(10)17/h2-4,11-12H,5-9,18H2,1H3. The van der Waals surface area contributed by atoms with Gasteiger partial charge in [-0.15, -0.1) is 0 Å². The molecule has 1 amide bonds. The van der Waals surface area contributed by atoms with Gasteiger partial charge >= 0.3 is 0 Å². The minimum atomic E-state index is -0.957. The fourth-order valence-corrected chi connectivity index (χ4v) is 2.73. The number of methoxy groups -OCH3 is 1. The van der Waals surface area contributed by atoms with Crippen molar-refractivity contribution in [2.45, 2.75) is 31.4 Å². The Hall–Kier alpha value is -1.53. The molecule has 0 spiro atoms. The number of likely N-dealkylation sites (tertiary alicyclic amines) is 1. The highest BCUT2D eigenvalue weighted by molar-refractivity contribution is 5.79. The number of hydrogen-bond donors (Lipinski definition) is 1. The van der Waals surface area contributed by atoms with Crippen LogP contribution >= 0.6 is 0 Å². The van der Waals surface area contributed by atoms with Crippen LogP contribution in [-0.2, 0) is 16.0 Å². The van der Waals surface area contributed by atoms with E-state index in [1.54, 1.807) is 12.0 Å². The molecule has 0 aromatic heterocycles. The van der Waals surface area contributed by atoms with Crippen molar-refractivity contribution in [3.8, 4) is 0 Å². The van der Waals surface area contributed by atoms with Crippen LogP contribution in [0.2, 0.25) is 0 Å². The molecule has 2 rings (SSSR count). The number of hydrogen-bond acceptors (Lipinski definition) is 3. The van der Waals surface area contributed by atoms with E-state index in [-0.39, 0.29) is 30.0 Å². The molecule has 0 radical (unpaired) electrons. The molecule has 116 valence electrons. The predicted octanol–water partition coefficient (Wildman–Crippen LogP) is 1.47. The third kappa shape index (κ3) is 3.57. The molecule has 1 aliphatic rings. The zero-order chi connectivity index (χ0) is 15.4. The summed E-state index contributed by atoms with van der Waals surface area (Å²) in [4.78, 5) is 14.0. The van der Waals surface area contributed by atoms with Crippen molar-refractivity contribution in [2.75, 3.05) is 20.2 Å². The van der Waals surface area contributed by atoms with E-state index < -0.39 is 11.6 Å². The van der Waals surface area contributed by atoms with Gasteiger partial charge in [-0.3, -0.25) is 4.79 Å². The van der Waals surface area contributed by atoms with E-state index in [4.69, 9.17) is 10.5 Å². The highest BCUT2D eigenvalue weighted by atomic mass is 19.2. The summed E-state index contributed by atoms with van der Waals surface area (Å²) in [6.07, 6.45) is 1.33. The zero-order valence-electron chi connectivity index (χ0n) is 12.0. The molecule has 2 atom stereocenters. The number of ether oxygens (including phenoxy) is 1. The second kappa shape index (κ2) is 6.95. The van der Waals surface area contributed by atoms with E-state index in [1.165, 1.54) is 12.1 Å². The van der Waals surface area contributed by atoms with Crippen molar-refractivity contribution in [2.24, 2.45) is 5.73 Å². The van der Waals surface area contributed by atoms with E-state index in [9.17, 15) is 13.6 Å². The second-order valence-corrected chi connectivity index (χ2v) is 5.25. The maximum absolute atomic E-state index is 13.6. The van der Waals surface area contributed by atoms with Crippen molar-refractivity contribution in [1.29, 1.82) is 0 Å². The Kier molecular flexibility index (Phi) is 5.25. The first-order valence-electron chi connectivity index (χ1n) is 7.02. The lowest BCUT2D eigenvalue weighted by molar-refractivity contribution is -0.136. The van der Waals surface area contributed by atoms with Crippen LogP contribution in [0.15, 0.2) is 18.2 Å². The minimum absolute atomic E-state index is 0.0737. The highest BCUT2D eigenvalue weighted by Crippen LogP contribution is 2.21. The minimum Gasteiger partial charge on any atom is -0.381 e. The van der Waals surface area contributed by atoms with Gasteiger partial charge in [-0.1, -0.05) is 12.1 Å². The molecule has 0 saturated carbocycles. The van der Waals surface area contributed by atoms with Gasteiger partial charge in [-0.05, 0) is 18.9 Å². The number of benzene rings is 1. The average molecular weight is 298 g/mol. The van der Waals surface area contributed by atoms with Crippen LogP contribution in [0.5, 0.6) is 0 Å². The Morgan fingerprint density at radius 1 is 1.48 bits per heavy atom. The van der Waals surface area contributed by atoms with Gasteiger partial charge in [-0.25, -0.2) is 8.78 Å². The van der Waals surface area contributed by atoms with E-state index in [0.29, 0.717) is 19.5 Å². The first-order chi connectivity index (χ1) is 10.1. The van der Waals surface area contributed by atoms with Gasteiger partial charge in [0.25, 0.3) is 0 Å². The Morgan fingerprint density at radius 2 is 2.24 bits per heavy atom. The van der Waals surface area contributed by atoms with Gasteiger partial charge in [0.2, 0.25) is 5.91 Å². The summed E-state index contributed by atoms with van der Waals surface area (Å²) in [5.74, 6) is -2.12. The summed E-state index contributed by atoms with van der Waals surface area (Å²) in [6, 6.07) is 3.75. The molecule has 4 nitrogen and oxygen atoms in total. The number of carbonyl (C=O) groups is 1. The van der Waals surface area contributed by atoms with Gasteiger partial charge in [0.05, 0.1) is 12.5 Å². The predicted molar refractivity (Wildman–Crippen MR) is 74.6 cm³/mol. The lowest BCUT2D eigenvalue weighted by Crippen LogP contribution is -2.51. The maximum atomic E-state index is 13.6. The lowest BCUT2D eigenvalue weighted by Gasteiger charge is -2.38. The summed E-state index contributed by atoms with van der Waals surface area (Å²) >= 11 is 0. The summed E-state index contributed by atoms with van der Waals surface area (Å²) in [5, 5.41) is 0. The summed E-state index contributed by atoms with van der Waals surface area (Å²) in [7, 11) is 1.64. The van der Waals surface area contributed by atoms with Crippen LogP contribution < -0.4 is 5.73 Å². The largest absolute Gasteiger partial charge is 0.381 e. The molecule has 6 heteroatoms. The fourth-order valence-electron chi connectivity index (χ4n) is 2.73. The monoisotopic (exact) mass is 298 g/mol. The van der Waals surface area contributed by atoms with Gasteiger partial charge in [-0.2, -0.15) is 0 Å². The molecule has 0 bridgehead atoms. The molecule has 0 aliphatic carbocycles. The highest BCUT2D eigenvalue weighted by Gasteiger charge is 2.31. The third-order valence-corrected chi connectivity index (χ3v) is 3.97. The van der Waals surface area contributed by atoms with Gasteiger partial charge in [0, 0.05) is 31.8 Å². The molecule has 1 aromatic rings. The fraction of sp³-hybridized carbons (Fsp3) is 0.533. The average Bonchev–Trinajstić information content (AvgIpc) is 2.51. The maximum Gasteiger partial charge on any atom is 0.227 e. The third-order valence-electron chi connectivity index (χ3n) is 3.97. The van der Waals surface area contributed by atoms with E-state index in [2.05, 4.69) is 0 Å². The summed E-state index contributed by atoms with van der Waals surface area (Å²) in [5.41, 5.74) is 5.79. The zero-order valence-corrected chi connectivity index (χ0v) is 12.0.